The van der Waals surface area contributed by atoms with E-state index in [1.807, 2.05) is 33.8 Å². The van der Waals surface area contributed by atoms with E-state index in [0.29, 0.717) is 13.0 Å². The maximum Gasteiger partial charge on any atom is 0.224 e. The van der Waals surface area contributed by atoms with Crippen molar-refractivity contribution in [1.82, 2.24) is 0 Å². The normalized spacial score (nSPS) is 11.4. The number of nitrogens with one attached hydrogen (secondary N) is 1. The van der Waals surface area contributed by atoms with Crippen LogP contribution in [-0.4, -0.2) is 12.5 Å². The summed E-state index contributed by atoms with van der Waals surface area (Å²) in [7, 11) is 0. The van der Waals surface area contributed by atoms with Crippen molar-refractivity contribution in [2.75, 3.05) is 11.9 Å². The van der Waals surface area contributed by atoms with Gasteiger partial charge in [-0.2, -0.15) is 0 Å². The standard InChI is InChI=1S/C15H24N2O/c1-10-6-12(3)13(7-11(10)2)17-14(18)8-15(4,5)9-16/h6-7H,8-9,16H2,1-5H3,(H,17,18). The second-order valence-electron chi connectivity index (χ2n) is 5.84. The summed E-state index contributed by atoms with van der Waals surface area (Å²) in [6.07, 6.45) is 0.440. The van der Waals surface area contributed by atoms with Gasteiger partial charge in [0.05, 0.1) is 0 Å². The van der Waals surface area contributed by atoms with Gasteiger partial charge in [0.1, 0.15) is 0 Å². The van der Waals surface area contributed by atoms with Crippen LogP contribution in [0.5, 0.6) is 0 Å². The average Bonchev–Trinajstić information content (AvgIpc) is 2.25. The number of carbonyl (C=O) groups excluding carboxylic acids is 1. The van der Waals surface area contributed by atoms with Crippen LogP contribution < -0.4 is 11.1 Å². The Morgan fingerprint density at radius 3 is 2.28 bits per heavy atom. The Bertz CT molecular complexity index is 450. The first-order valence-electron chi connectivity index (χ1n) is 6.33. The summed E-state index contributed by atoms with van der Waals surface area (Å²) in [5.41, 5.74) is 9.91. The number of hydrogen-bond donors (Lipinski definition) is 2. The zero-order valence-corrected chi connectivity index (χ0v) is 12.1. The highest BCUT2D eigenvalue weighted by Crippen LogP contribution is 2.23. The molecule has 0 aliphatic rings. The number of anilines is 1. The molecule has 18 heavy (non-hydrogen) atoms. The third kappa shape index (κ3) is 3.84. The van der Waals surface area contributed by atoms with E-state index in [9.17, 15) is 4.79 Å². The van der Waals surface area contributed by atoms with Crippen LogP contribution >= 0.6 is 0 Å². The molecule has 0 fully saturated rings. The molecule has 0 radical (unpaired) electrons. The summed E-state index contributed by atoms with van der Waals surface area (Å²) in [6, 6.07) is 4.12. The molecule has 1 aromatic carbocycles. The molecular weight excluding hydrogens is 224 g/mol. The molecule has 1 rings (SSSR count). The minimum atomic E-state index is -0.155. The summed E-state index contributed by atoms with van der Waals surface area (Å²) in [5, 5.41) is 2.97. The monoisotopic (exact) mass is 248 g/mol. The minimum absolute atomic E-state index is 0.0248. The zero-order chi connectivity index (χ0) is 13.9. The lowest BCUT2D eigenvalue weighted by atomic mass is 9.89. The molecule has 1 aromatic rings. The molecule has 0 unspecified atom stereocenters. The van der Waals surface area contributed by atoms with Gasteiger partial charge < -0.3 is 11.1 Å². The van der Waals surface area contributed by atoms with Crippen molar-refractivity contribution < 1.29 is 4.79 Å². The maximum absolute atomic E-state index is 12.0. The lowest BCUT2D eigenvalue weighted by molar-refractivity contribution is -0.117. The number of aryl methyl sites for hydroxylation is 3. The molecule has 0 heterocycles. The van der Waals surface area contributed by atoms with E-state index in [0.717, 1.165) is 11.3 Å². The van der Waals surface area contributed by atoms with Gasteiger partial charge in [-0.15, -0.1) is 0 Å². The molecule has 0 atom stereocenters. The quantitative estimate of drug-likeness (QED) is 0.860. The fourth-order valence-electron chi connectivity index (χ4n) is 1.80. The predicted molar refractivity (Wildman–Crippen MR) is 76.7 cm³/mol. The van der Waals surface area contributed by atoms with Gasteiger partial charge in [0.2, 0.25) is 5.91 Å². The van der Waals surface area contributed by atoms with Gasteiger partial charge in [-0.1, -0.05) is 19.9 Å². The van der Waals surface area contributed by atoms with Gasteiger partial charge in [0.15, 0.2) is 0 Å². The van der Waals surface area contributed by atoms with E-state index >= 15 is 0 Å². The summed E-state index contributed by atoms with van der Waals surface area (Å²) in [5.74, 6) is 0.0248. The topological polar surface area (TPSA) is 55.1 Å². The van der Waals surface area contributed by atoms with Crippen LogP contribution in [0.25, 0.3) is 0 Å². The van der Waals surface area contributed by atoms with E-state index in [4.69, 9.17) is 5.73 Å². The lowest BCUT2D eigenvalue weighted by Crippen LogP contribution is -2.29. The van der Waals surface area contributed by atoms with Gasteiger partial charge >= 0.3 is 0 Å². The van der Waals surface area contributed by atoms with Gasteiger partial charge in [0, 0.05) is 12.1 Å². The molecule has 0 aliphatic carbocycles. The van der Waals surface area contributed by atoms with Crippen LogP contribution in [0.4, 0.5) is 5.69 Å². The summed E-state index contributed by atoms with van der Waals surface area (Å²) in [4.78, 5) is 12.0. The fraction of sp³-hybridized carbons (Fsp3) is 0.533. The van der Waals surface area contributed by atoms with Crippen molar-refractivity contribution in [3.63, 3.8) is 0 Å². The largest absolute Gasteiger partial charge is 0.330 e. The molecule has 0 saturated heterocycles. The molecule has 0 aromatic heterocycles. The fourth-order valence-corrected chi connectivity index (χ4v) is 1.80. The van der Waals surface area contributed by atoms with Gasteiger partial charge in [0.25, 0.3) is 0 Å². The Morgan fingerprint density at radius 1 is 1.17 bits per heavy atom. The zero-order valence-electron chi connectivity index (χ0n) is 12.1. The highest BCUT2D eigenvalue weighted by Gasteiger charge is 2.20. The van der Waals surface area contributed by atoms with Crippen LogP contribution in [0.1, 0.15) is 37.0 Å². The smallest absolute Gasteiger partial charge is 0.224 e. The highest BCUT2D eigenvalue weighted by atomic mass is 16.1. The number of carbonyl (C=O) groups is 1. The molecular formula is C15H24N2O. The second-order valence-corrected chi connectivity index (χ2v) is 5.84. The number of nitrogens with two attached hydrogens (primary N) is 1. The van der Waals surface area contributed by atoms with E-state index in [1.165, 1.54) is 11.1 Å². The third-order valence-electron chi connectivity index (χ3n) is 3.31. The molecule has 0 aliphatic heterocycles. The Balaban J connectivity index is 2.80. The molecule has 0 saturated carbocycles. The first-order chi connectivity index (χ1) is 8.25. The van der Waals surface area contributed by atoms with Gasteiger partial charge in [-0.25, -0.2) is 0 Å². The Morgan fingerprint density at radius 2 is 1.72 bits per heavy atom. The van der Waals surface area contributed by atoms with Crippen molar-refractivity contribution in [3.8, 4) is 0 Å². The lowest BCUT2D eigenvalue weighted by Gasteiger charge is -2.21. The van der Waals surface area contributed by atoms with Crippen molar-refractivity contribution in [3.05, 3.63) is 28.8 Å². The summed E-state index contributed by atoms with van der Waals surface area (Å²) >= 11 is 0. The van der Waals surface area contributed by atoms with Crippen molar-refractivity contribution in [1.29, 1.82) is 0 Å². The molecule has 3 heteroatoms. The van der Waals surface area contributed by atoms with Crippen LogP contribution in [0.2, 0.25) is 0 Å². The summed E-state index contributed by atoms with van der Waals surface area (Å²) in [6.45, 7) is 10.6. The van der Waals surface area contributed by atoms with Gasteiger partial charge in [-0.05, 0) is 55.5 Å². The Kier molecular flexibility index (Phi) is 4.52. The van der Waals surface area contributed by atoms with Crippen LogP contribution in [0, 0.1) is 26.2 Å². The maximum atomic E-state index is 12.0. The number of hydrogen-bond acceptors (Lipinski definition) is 2. The SMILES string of the molecule is Cc1cc(C)c(NC(=O)CC(C)(C)CN)cc1C. The van der Waals surface area contributed by atoms with Crippen LogP contribution in [0.3, 0.4) is 0 Å². The Labute approximate surface area is 110 Å². The van der Waals surface area contributed by atoms with Crippen LogP contribution in [0.15, 0.2) is 12.1 Å². The molecule has 3 N–H and O–H groups in total. The van der Waals surface area contributed by atoms with Crippen molar-refractivity contribution >= 4 is 11.6 Å². The number of amides is 1. The van der Waals surface area contributed by atoms with E-state index < -0.39 is 0 Å². The molecule has 1 amide bonds. The molecule has 0 bridgehead atoms. The highest BCUT2D eigenvalue weighted by molar-refractivity contribution is 5.92. The summed E-state index contributed by atoms with van der Waals surface area (Å²) < 4.78 is 0. The first-order valence-corrected chi connectivity index (χ1v) is 6.33. The van der Waals surface area contributed by atoms with Gasteiger partial charge in [-0.3, -0.25) is 4.79 Å². The average molecular weight is 248 g/mol. The second kappa shape index (κ2) is 5.53. The molecule has 3 nitrogen and oxygen atoms in total. The Hall–Kier alpha value is -1.35. The number of rotatable bonds is 4. The third-order valence-corrected chi connectivity index (χ3v) is 3.31. The van der Waals surface area contributed by atoms with E-state index in [2.05, 4.69) is 18.3 Å². The van der Waals surface area contributed by atoms with Crippen LogP contribution in [-0.2, 0) is 4.79 Å². The van der Waals surface area contributed by atoms with Crippen molar-refractivity contribution in [2.24, 2.45) is 11.1 Å². The number of benzene rings is 1. The molecule has 0 spiro atoms. The van der Waals surface area contributed by atoms with E-state index in [1.54, 1.807) is 0 Å². The predicted octanol–water partition coefficient (Wildman–Crippen LogP) is 2.93. The first kappa shape index (κ1) is 14.7. The minimum Gasteiger partial charge on any atom is -0.330 e. The molecule has 100 valence electrons. The van der Waals surface area contributed by atoms with E-state index in [-0.39, 0.29) is 11.3 Å². The van der Waals surface area contributed by atoms with Crippen molar-refractivity contribution in [2.45, 2.75) is 41.0 Å².